The molecule has 0 fully saturated rings. The Balaban J connectivity index is 5.08. The van der Waals surface area contributed by atoms with Crippen LogP contribution in [0.4, 0.5) is 35.1 Å². The van der Waals surface area contributed by atoms with Crippen molar-refractivity contribution in [1.29, 1.82) is 0 Å². The lowest BCUT2D eigenvalue weighted by Crippen LogP contribution is -2.52. The van der Waals surface area contributed by atoms with Gasteiger partial charge in [-0.2, -0.15) is 17.6 Å². The molecule has 11 heteroatoms. The van der Waals surface area contributed by atoms with Crippen molar-refractivity contribution in [3.8, 4) is 0 Å². The van der Waals surface area contributed by atoms with E-state index in [1.54, 1.807) is 0 Å². The van der Waals surface area contributed by atoms with Gasteiger partial charge < -0.3 is 5.11 Å². The largest absolute Gasteiger partial charge is 0.487 e. The van der Waals surface area contributed by atoms with E-state index in [2.05, 4.69) is 9.47 Å². The molecule has 0 aliphatic carbocycles. The average molecular weight is 290 g/mol. The van der Waals surface area contributed by atoms with E-state index in [1.807, 2.05) is 6.58 Å². The Morgan fingerprint density at radius 3 is 1.67 bits per heavy atom. The fraction of sp³-hybridized carbons (Fsp3) is 0.714. The Kier molecular flexibility index (Phi) is 4.38. The predicted molar refractivity (Wildman–Crippen MR) is 39.0 cm³/mol. The summed E-state index contributed by atoms with van der Waals surface area (Å²) >= 11 is 0. The molecule has 18 heavy (non-hydrogen) atoms. The summed E-state index contributed by atoms with van der Waals surface area (Å²) in [6, 6.07) is 0. The van der Waals surface area contributed by atoms with Gasteiger partial charge in [0.1, 0.15) is 0 Å². The molecule has 0 aliphatic rings. The van der Waals surface area contributed by atoms with Crippen LogP contribution in [0.15, 0.2) is 12.4 Å². The number of alkyl halides is 7. The molecule has 0 aromatic carbocycles. The molecule has 0 rings (SSSR count). The van der Waals surface area contributed by atoms with Crippen LogP contribution < -0.4 is 0 Å². The summed E-state index contributed by atoms with van der Waals surface area (Å²) in [7, 11) is 0. The van der Waals surface area contributed by atoms with Gasteiger partial charge >= 0.3 is 24.4 Å². The minimum absolute atomic E-state index is 0.435. The highest BCUT2D eigenvalue weighted by molar-refractivity contribution is 4.93. The van der Waals surface area contributed by atoms with Crippen molar-refractivity contribution in [3.05, 3.63) is 12.4 Å². The standard InChI is InChI=1S/C7H6F8O3/c1-3(8)5(10,11)17-4(2,9)6(12,13)18-7(14,15)16/h16H,1H2,2H3. The monoisotopic (exact) mass is 290 g/mol. The first-order valence-corrected chi connectivity index (χ1v) is 3.91. The van der Waals surface area contributed by atoms with Gasteiger partial charge in [-0.25, -0.2) is 13.5 Å². The minimum atomic E-state index is -5.70. The quantitative estimate of drug-likeness (QED) is 0.604. The van der Waals surface area contributed by atoms with Crippen molar-refractivity contribution in [2.24, 2.45) is 0 Å². The molecule has 0 radical (unpaired) electrons. The van der Waals surface area contributed by atoms with Crippen molar-refractivity contribution in [2.45, 2.75) is 31.3 Å². The van der Waals surface area contributed by atoms with Gasteiger partial charge in [0.05, 0.1) is 0 Å². The minimum Gasteiger partial charge on any atom is -0.311 e. The van der Waals surface area contributed by atoms with Crippen LogP contribution in [0.3, 0.4) is 0 Å². The summed E-state index contributed by atoms with van der Waals surface area (Å²) in [6.45, 7) is 1.54. The van der Waals surface area contributed by atoms with Gasteiger partial charge in [-0.1, -0.05) is 6.58 Å². The van der Waals surface area contributed by atoms with Gasteiger partial charge in [0.25, 0.3) is 0 Å². The van der Waals surface area contributed by atoms with Crippen LogP contribution in [0.25, 0.3) is 0 Å². The third kappa shape index (κ3) is 4.38. The first-order chi connectivity index (χ1) is 7.61. The zero-order valence-corrected chi connectivity index (χ0v) is 8.49. The number of hydrogen-bond acceptors (Lipinski definition) is 3. The molecular weight excluding hydrogens is 284 g/mol. The highest BCUT2D eigenvalue weighted by Gasteiger charge is 2.63. The maximum absolute atomic E-state index is 13.0. The lowest BCUT2D eigenvalue weighted by atomic mass is 10.3. The molecule has 3 nitrogen and oxygen atoms in total. The van der Waals surface area contributed by atoms with E-state index in [-0.39, 0.29) is 0 Å². The maximum Gasteiger partial charge on any atom is 0.487 e. The Morgan fingerprint density at radius 1 is 1.00 bits per heavy atom. The van der Waals surface area contributed by atoms with E-state index < -0.39 is 37.1 Å². The van der Waals surface area contributed by atoms with Crippen LogP contribution in [0, 0.1) is 0 Å². The van der Waals surface area contributed by atoms with Gasteiger partial charge in [0.15, 0.2) is 5.83 Å². The summed E-state index contributed by atoms with van der Waals surface area (Å²) in [5.74, 6) is -7.52. The number of aliphatic hydroxyl groups is 1. The van der Waals surface area contributed by atoms with Gasteiger partial charge in [0, 0.05) is 6.92 Å². The number of halogens is 8. The summed E-state index contributed by atoms with van der Waals surface area (Å²) in [5, 5.41) is 7.59. The maximum atomic E-state index is 13.0. The molecular formula is C7H6F8O3. The first-order valence-electron chi connectivity index (χ1n) is 3.91. The Morgan fingerprint density at radius 2 is 1.39 bits per heavy atom. The van der Waals surface area contributed by atoms with Crippen molar-refractivity contribution >= 4 is 0 Å². The molecule has 0 bridgehead atoms. The summed E-state index contributed by atoms with van der Waals surface area (Å²) in [4.78, 5) is 0. The summed E-state index contributed by atoms with van der Waals surface area (Å²) < 4.78 is 103. The van der Waals surface area contributed by atoms with E-state index in [4.69, 9.17) is 5.11 Å². The molecule has 0 aromatic heterocycles. The molecule has 0 amide bonds. The third-order valence-electron chi connectivity index (χ3n) is 1.41. The highest BCUT2D eigenvalue weighted by atomic mass is 19.3. The van der Waals surface area contributed by atoms with Crippen molar-refractivity contribution in [3.63, 3.8) is 0 Å². The second-order valence-electron chi connectivity index (χ2n) is 3.05. The number of ether oxygens (including phenoxy) is 2. The first kappa shape index (κ1) is 17.1. The normalized spacial score (nSPS) is 17.4. The number of rotatable bonds is 6. The van der Waals surface area contributed by atoms with Crippen LogP contribution >= 0.6 is 0 Å². The molecule has 0 spiro atoms. The van der Waals surface area contributed by atoms with Crippen LogP contribution in [0.1, 0.15) is 6.92 Å². The predicted octanol–water partition coefficient (Wildman–Crippen LogP) is 2.92. The van der Waals surface area contributed by atoms with Crippen LogP contribution in [-0.2, 0) is 9.47 Å². The summed E-state index contributed by atoms with van der Waals surface area (Å²) in [5.41, 5.74) is 0. The van der Waals surface area contributed by atoms with E-state index in [1.165, 1.54) is 0 Å². The Labute approximate surface area is 94.6 Å². The lowest BCUT2D eigenvalue weighted by molar-refractivity contribution is -0.511. The fourth-order valence-electron chi connectivity index (χ4n) is 0.601. The SMILES string of the molecule is C=C(F)C(F)(F)OC(C)(F)C(F)(F)OC(O)(F)F. The van der Waals surface area contributed by atoms with E-state index in [0.717, 1.165) is 0 Å². The van der Waals surface area contributed by atoms with Crippen molar-refractivity contribution < 1.29 is 49.7 Å². The van der Waals surface area contributed by atoms with Gasteiger partial charge in [-0.05, 0) is 0 Å². The molecule has 0 aromatic rings. The van der Waals surface area contributed by atoms with Crippen LogP contribution in [-0.4, -0.2) is 29.5 Å². The molecule has 1 N–H and O–H groups in total. The van der Waals surface area contributed by atoms with E-state index in [0.29, 0.717) is 0 Å². The second-order valence-corrected chi connectivity index (χ2v) is 3.05. The molecule has 0 saturated heterocycles. The molecule has 0 saturated carbocycles. The van der Waals surface area contributed by atoms with Gasteiger partial charge in [-0.15, -0.1) is 8.78 Å². The van der Waals surface area contributed by atoms with E-state index in [9.17, 15) is 35.1 Å². The number of hydrogen-bond donors (Lipinski definition) is 1. The molecule has 0 heterocycles. The van der Waals surface area contributed by atoms with Crippen molar-refractivity contribution in [2.75, 3.05) is 0 Å². The Hall–Kier alpha value is -0.940. The van der Waals surface area contributed by atoms with E-state index >= 15 is 0 Å². The van der Waals surface area contributed by atoms with Gasteiger partial charge in [-0.3, -0.25) is 4.74 Å². The zero-order chi connectivity index (χ0) is 15.0. The zero-order valence-electron chi connectivity index (χ0n) is 8.49. The fourth-order valence-corrected chi connectivity index (χ4v) is 0.601. The summed E-state index contributed by atoms with van der Waals surface area (Å²) in [6.07, 6.45) is -16.4. The second kappa shape index (κ2) is 4.63. The molecule has 108 valence electrons. The lowest BCUT2D eigenvalue weighted by Gasteiger charge is -2.32. The van der Waals surface area contributed by atoms with Crippen molar-refractivity contribution in [1.82, 2.24) is 0 Å². The average Bonchev–Trinajstić information content (AvgIpc) is 1.95. The van der Waals surface area contributed by atoms with Gasteiger partial charge in [0.2, 0.25) is 0 Å². The van der Waals surface area contributed by atoms with Crippen LogP contribution in [0.2, 0.25) is 0 Å². The highest BCUT2D eigenvalue weighted by Crippen LogP contribution is 2.42. The molecule has 1 atom stereocenters. The molecule has 1 unspecified atom stereocenters. The van der Waals surface area contributed by atoms with Crippen LogP contribution in [0.5, 0.6) is 0 Å². The third-order valence-corrected chi connectivity index (χ3v) is 1.41. The Bertz CT molecular complexity index is 321. The smallest absolute Gasteiger partial charge is 0.311 e. The molecule has 0 aliphatic heterocycles. The topological polar surface area (TPSA) is 38.7 Å².